The minimum atomic E-state index is -0.644. The Morgan fingerprint density at radius 3 is 1.88 bits per heavy atom. The summed E-state index contributed by atoms with van der Waals surface area (Å²) in [5.41, 5.74) is 2.94. The Kier molecular flexibility index (Phi) is 6.91. The second-order valence-corrected chi connectivity index (χ2v) is 5.95. The largest absolute Gasteiger partial charge is 0.462 e. The van der Waals surface area contributed by atoms with Crippen LogP contribution >= 0.6 is 0 Å². The van der Waals surface area contributed by atoms with Gasteiger partial charge in [0, 0.05) is 11.8 Å². The van der Waals surface area contributed by atoms with Crippen molar-refractivity contribution in [2.24, 2.45) is 11.8 Å². The summed E-state index contributed by atoms with van der Waals surface area (Å²) >= 11 is 0. The Hall–Kier alpha value is -3.15. The lowest BCUT2D eigenvalue weighted by Gasteiger charge is -2.19. The maximum absolute atomic E-state index is 12.1. The molecule has 0 aliphatic rings. The summed E-state index contributed by atoms with van der Waals surface area (Å²) in [4.78, 5) is 40.6. The third kappa shape index (κ3) is 5.44. The number of carbonyl (C=O) groups is 3. The predicted octanol–water partition coefficient (Wildman–Crippen LogP) is 3.00. The first-order valence-corrected chi connectivity index (χ1v) is 8.27. The van der Waals surface area contributed by atoms with Crippen LogP contribution in [0.4, 0.5) is 0 Å². The van der Waals surface area contributed by atoms with Gasteiger partial charge in [0.15, 0.2) is 0 Å². The highest BCUT2D eigenvalue weighted by Crippen LogP contribution is 2.13. The summed E-state index contributed by atoms with van der Waals surface area (Å²) < 4.78 is 5.23. The third-order valence-corrected chi connectivity index (χ3v) is 4.01. The SMILES string of the molecule is CC(COC(=O)c1ccccc1)C(C)C(=O)NOC(=O)c1ccccc1. The van der Waals surface area contributed by atoms with Gasteiger partial charge in [-0.05, 0) is 24.3 Å². The lowest BCUT2D eigenvalue weighted by Crippen LogP contribution is -2.35. The number of hydrogen-bond donors (Lipinski definition) is 1. The molecule has 0 bridgehead atoms. The van der Waals surface area contributed by atoms with Crippen LogP contribution < -0.4 is 5.48 Å². The molecule has 2 rings (SSSR count). The number of nitrogens with one attached hydrogen (secondary N) is 1. The Bertz CT molecular complexity index is 745. The number of carbonyl (C=O) groups excluding carboxylic acids is 3. The number of hydrogen-bond acceptors (Lipinski definition) is 5. The second-order valence-electron chi connectivity index (χ2n) is 5.95. The zero-order valence-corrected chi connectivity index (χ0v) is 14.7. The zero-order chi connectivity index (χ0) is 18.9. The molecule has 2 aromatic carbocycles. The van der Waals surface area contributed by atoms with E-state index in [0.717, 1.165) is 0 Å². The molecule has 1 N–H and O–H groups in total. The van der Waals surface area contributed by atoms with E-state index >= 15 is 0 Å². The van der Waals surface area contributed by atoms with E-state index in [0.29, 0.717) is 11.1 Å². The average Bonchev–Trinajstić information content (AvgIpc) is 2.70. The molecule has 0 radical (unpaired) electrons. The highest BCUT2D eigenvalue weighted by atomic mass is 16.7. The van der Waals surface area contributed by atoms with Crippen molar-refractivity contribution in [1.82, 2.24) is 5.48 Å². The highest BCUT2D eigenvalue weighted by molar-refractivity contribution is 5.90. The molecular weight excluding hydrogens is 334 g/mol. The third-order valence-electron chi connectivity index (χ3n) is 4.01. The fourth-order valence-electron chi connectivity index (χ4n) is 2.09. The van der Waals surface area contributed by atoms with Crippen molar-refractivity contribution >= 4 is 17.8 Å². The maximum Gasteiger partial charge on any atom is 0.362 e. The number of amides is 1. The van der Waals surface area contributed by atoms with Gasteiger partial charge in [0.2, 0.25) is 0 Å². The van der Waals surface area contributed by atoms with E-state index < -0.39 is 23.8 Å². The van der Waals surface area contributed by atoms with Crippen molar-refractivity contribution in [2.45, 2.75) is 13.8 Å². The van der Waals surface area contributed by atoms with E-state index in [-0.39, 0.29) is 12.5 Å². The molecule has 2 atom stereocenters. The quantitative estimate of drug-likeness (QED) is 0.636. The number of rotatable bonds is 6. The second kappa shape index (κ2) is 9.36. The van der Waals surface area contributed by atoms with Crippen molar-refractivity contribution in [2.75, 3.05) is 6.61 Å². The van der Waals surface area contributed by atoms with Crippen molar-refractivity contribution in [1.29, 1.82) is 0 Å². The highest BCUT2D eigenvalue weighted by Gasteiger charge is 2.23. The smallest absolute Gasteiger partial charge is 0.362 e. The Morgan fingerprint density at radius 2 is 1.35 bits per heavy atom. The lowest BCUT2D eigenvalue weighted by atomic mass is 9.96. The first-order chi connectivity index (χ1) is 12.5. The summed E-state index contributed by atoms with van der Waals surface area (Å²) in [6, 6.07) is 17.0. The molecule has 0 aliphatic carbocycles. The van der Waals surface area contributed by atoms with Crippen LogP contribution in [0.1, 0.15) is 34.6 Å². The molecule has 0 saturated carbocycles. The van der Waals surface area contributed by atoms with Crippen LogP contribution in [0.25, 0.3) is 0 Å². The van der Waals surface area contributed by atoms with Gasteiger partial charge in [-0.3, -0.25) is 4.79 Å². The average molecular weight is 355 g/mol. The molecule has 2 unspecified atom stereocenters. The van der Waals surface area contributed by atoms with E-state index in [9.17, 15) is 14.4 Å². The van der Waals surface area contributed by atoms with Gasteiger partial charge in [0.1, 0.15) is 0 Å². The van der Waals surface area contributed by atoms with Gasteiger partial charge in [0.25, 0.3) is 5.91 Å². The molecule has 136 valence electrons. The molecule has 0 aromatic heterocycles. The summed E-state index contributed by atoms with van der Waals surface area (Å²) in [5, 5.41) is 0. The first kappa shape index (κ1) is 19.2. The van der Waals surface area contributed by atoms with Crippen LogP contribution in [0.3, 0.4) is 0 Å². The van der Waals surface area contributed by atoms with Crippen molar-refractivity contribution in [3.05, 3.63) is 71.8 Å². The van der Waals surface area contributed by atoms with Crippen LogP contribution in [0.2, 0.25) is 0 Å². The van der Waals surface area contributed by atoms with Crippen molar-refractivity contribution in [3.8, 4) is 0 Å². The molecule has 1 amide bonds. The van der Waals surface area contributed by atoms with Gasteiger partial charge >= 0.3 is 11.9 Å². The van der Waals surface area contributed by atoms with E-state index in [4.69, 9.17) is 9.57 Å². The van der Waals surface area contributed by atoms with Crippen LogP contribution in [0.15, 0.2) is 60.7 Å². The normalized spacial score (nSPS) is 12.5. The van der Waals surface area contributed by atoms with E-state index in [1.54, 1.807) is 68.4 Å². The Labute approximate surface area is 152 Å². The summed E-state index contributed by atoms with van der Waals surface area (Å²) in [6.45, 7) is 3.53. The summed E-state index contributed by atoms with van der Waals surface area (Å²) in [7, 11) is 0. The molecule has 6 heteroatoms. The number of benzene rings is 2. The summed E-state index contributed by atoms with van der Waals surface area (Å²) in [6.07, 6.45) is 0. The molecule has 0 heterocycles. The standard InChI is InChI=1S/C20H21NO5/c1-14(13-25-19(23)16-9-5-3-6-10-16)15(2)18(22)21-26-20(24)17-11-7-4-8-12-17/h3-12,14-15H,13H2,1-2H3,(H,21,22). The van der Waals surface area contributed by atoms with Gasteiger partial charge in [-0.25, -0.2) is 9.59 Å². The van der Waals surface area contributed by atoms with Gasteiger partial charge < -0.3 is 9.57 Å². The minimum Gasteiger partial charge on any atom is -0.462 e. The molecule has 0 aliphatic heterocycles. The Morgan fingerprint density at radius 1 is 0.846 bits per heavy atom. The van der Waals surface area contributed by atoms with Gasteiger partial charge in [-0.2, -0.15) is 5.48 Å². The molecule has 0 spiro atoms. The summed E-state index contributed by atoms with van der Waals surface area (Å²) in [5.74, 6) is -2.31. The van der Waals surface area contributed by atoms with Crippen LogP contribution in [0.5, 0.6) is 0 Å². The topological polar surface area (TPSA) is 81.7 Å². The van der Waals surface area contributed by atoms with Crippen molar-refractivity contribution in [3.63, 3.8) is 0 Å². The van der Waals surface area contributed by atoms with Crippen LogP contribution in [-0.2, 0) is 14.4 Å². The van der Waals surface area contributed by atoms with E-state index in [1.165, 1.54) is 0 Å². The molecule has 0 fully saturated rings. The lowest BCUT2D eigenvalue weighted by molar-refractivity contribution is -0.135. The monoisotopic (exact) mass is 355 g/mol. The van der Waals surface area contributed by atoms with E-state index in [1.807, 2.05) is 6.07 Å². The maximum atomic E-state index is 12.1. The van der Waals surface area contributed by atoms with Gasteiger partial charge in [-0.1, -0.05) is 50.2 Å². The number of esters is 1. The van der Waals surface area contributed by atoms with Crippen LogP contribution in [0, 0.1) is 11.8 Å². The zero-order valence-electron chi connectivity index (χ0n) is 14.7. The molecule has 26 heavy (non-hydrogen) atoms. The molecule has 6 nitrogen and oxygen atoms in total. The van der Waals surface area contributed by atoms with Gasteiger partial charge in [0.05, 0.1) is 17.7 Å². The molecule has 2 aromatic rings. The molecule has 0 saturated heterocycles. The molecular formula is C20H21NO5. The van der Waals surface area contributed by atoms with Gasteiger partial charge in [-0.15, -0.1) is 0 Å². The minimum absolute atomic E-state index is 0.0783. The van der Waals surface area contributed by atoms with E-state index in [2.05, 4.69) is 5.48 Å². The fourth-order valence-corrected chi connectivity index (χ4v) is 2.09. The number of hydroxylamine groups is 1. The Balaban J connectivity index is 1.78. The first-order valence-electron chi connectivity index (χ1n) is 8.27. The predicted molar refractivity (Wildman–Crippen MR) is 95.1 cm³/mol. The number of ether oxygens (including phenoxy) is 1. The van der Waals surface area contributed by atoms with Crippen molar-refractivity contribution < 1.29 is 24.0 Å². The van der Waals surface area contributed by atoms with Crippen LogP contribution in [-0.4, -0.2) is 24.5 Å². The fraction of sp³-hybridized carbons (Fsp3) is 0.250.